The van der Waals surface area contributed by atoms with Gasteiger partial charge in [0.1, 0.15) is 6.04 Å². The molecule has 1 aliphatic rings. The van der Waals surface area contributed by atoms with Gasteiger partial charge in [-0.3, -0.25) is 10.1 Å². The quantitative estimate of drug-likeness (QED) is 0.293. The molecule has 1 saturated carbocycles. The van der Waals surface area contributed by atoms with E-state index in [-0.39, 0.29) is 11.9 Å². The fourth-order valence-electron chi connectivity index (χ4n) is 4.43. The molecule has 38 heavy (non-hydrogen) atoms. The fraction of sp³-hybridized carbons (Fsp3) is 0.367. The first-order chi connectivity index (χ1) is 18.3. The van der Waals surface area contributed by atoms with Crippen molar-refractivity contribution in [3.8, 4) is 11.5 Å². The van der Waals surface area contributed by atoms with E-state index in [0.717, 1.165) is 41.7 Å². The van der Waals surface area contributed by atoms with Gasteiger partial charge in [-0.05, 0) is 72.6 Å². The van der Waals surface area contributed by atoms with Crippen LogP contribution in [-0.4, -0.2) is 26.7 Å². The van der Waals surface area contributed by atoms with Gasteiger partial charge in [0, 0.05) is 12.6 Å². The van der Waals surface area contributed by atoms with Gasteiger partial charge in [-0.15, -0.1) is 0 Å². The predicted octanol–water partition coefficient (Wildman–Crippen LogP) is 6.25. The summed E-state index contributed by atoms with van der Waals surface area (Å²) in [6, 6.07) is 19.4. The molecule has 1 fully saturated rings. The summed E-state index contributed by atoms with van der Waals surface area (Å²) in [6.45, 7) is 0.649. The summed E-state index contributed by atoms with van der Waals surface area (Å²) in [5.74, 6) is 1.57. The minimum atomic E-state index is -4.38. The van der Waals surface area contributed by atoms with Crippen LogP contribution in [0.25, 0.3) is 0 Å². The molecule has 2 atom stereocenters. The number of aryl methyl sites for hydroxylation is 1. The largest absolute Gasteiger partial charge is 0.493 e. The van der Waals surface area contributed by atoms with Gasteiger partial charge in [0.2, 0.25) is 5.91 Å². The van der Waals surface area contributed by atoms with Crippen LogP contribution in [0.3, 0.4) is 0 Å². The zero-order valence-electron chi connectivity index (χ0n) is 21.6. The second-order valence-electron chi connectivity index (χ2n) is 9.60. The van der Waals surface area contributed by atoms with Gasteiger partial charge in [0.25, 0.3) is 0 Å². The normalized spacial score (nSPS) is 15.0. The molecule has 202 valence electrons. The van der Waals surface area contributed by atoms with Gasteiger partial charge in [-0.25, -0.2) is 0 Å². The lowest BCUT2D eigenvalue weighted by Gasteiger charge is -2.27. The van der Waals surface area contributed by atoms with Crippen LogP contribution in [-0.2, 0) is 17.4 Å². The predicted molar refractivity (Wildman–Crippen MR) is 140 cm³/mol. The number of rotatable bonds is 12. The van der Waals surface area contributed by atoms with Crippen molar-refractivity contribution in [2.45, 2.75) is 43.9 Å². The number of benzene rings is 3. The van der Waals surface area contributed by atoms with Crippen LogP contribution >= 0.6 is 0 Å². The molecule has 0 heterocycles. The lowest BCUT2D eigenvalue weighted by molar-refractivity contribution is -0.137. The van der Waals surface area contributed by atoms with E-state index >= 15 is 0 Å². The van der Waals surface area contributed by atoms with E-state index in [4.69, 9.17) is 9.47 Å². The molecular weight excluding hydrogens is 493 g/mol. The zero-order chi connectivity index (χ0) is 27.1. The SMILES string of the molecule is COc1ccc(C(CCc2ccc(C(F)(F)F)cc2)N[C@@H](C(=O)NCC2CC2)c2ccccc2)cc1OC. The van der Waals surface area contributed by atoms with Gasteiger partial charge in [-0.2, -0.15) is 13.2 Å². The maximum atomic E-state index is 13.3. The monoisotopic (exact) mass is 526 g/mol. The summed E-state index contributed by atoms with van der Waals surface area (Å²) in [5, 5.41) is 6.62. The number of hydrogen-bond acceptors (Lipinski definition) is 4. The maximum absolute atomic E-state index is 13.3. The summed E-state index contributed by atoms with van der Waals surface area (Å²) < 4.78 is 49.9. The molecule has 1 unspecified atom stereocenters. The molecule has 0 aromatic heterocycles. The van der Waals surface area contributed by atoms with Crippen molar-refractivity contribution in [2.75, 3.05) is 20.8 Å². The zero-order valence-corrected chi connectivity index (χ0v) is 21.6. The molecular formula is C30H33F3N2O3. The summed E-state index contributed by atoms with van der Waals surface area (Å²) in [7, 11) is 3.12. The smallest absolute Gasteiger partial charge is 0.416 e. The van der Waals surface area contributed by atoms with Crippen LogP contribution in [0.15, 0.2) is 72.8 Å². The third kappa shape index (κ3) is 7.28. The van der Waals surface area contributed by atoms with E-state index in [9.17, 15) is 18.0 Å². The Labute approximate surface area is 221 Å². The van der Waals surface area contributed by atoms with E-state index in [0.29, 0.717) is 36.8 Å². The third-order valence-corrected chi connectivity index (χ3v) is 6.84. The molecule has 0 aliphatic heterocycles. The highest BCUT2D eigenvalue weighted by molar-refractivity contribution is 5.83. The highest BCUT2D eigenvalue weighted by atomic mass is 19.4. The van der Waals surface area contributed by atoms with E-state index in [2.05, 4.69) is 10.6 Å². The van der Waals surface area contributed by atoms with Crippen LogP contribution in [0.5, 0.6) is 11.5 Å². The molecule has 0 radical (unpaired) electrons. The number of carbonyl (C=O) groups excluding carboxylic acids is 1. The molecule has 4 rings (SSSR count). The molecule has 0 bridgehead atoms. The molecule has 0 saturated heterocycles. The Morgan fingerprint density at radius 1 is 0.921 bits per heavy atom. The Kier molecular flexibility index (Phi) is 8.94. The first-order valence-corrected chi connectivity index (χ1v) is 12.7. The number of hydrogen-bond donors (Lipinski definition) is 2. The van der Waals surface area contributed by atoms with Crippen LogP contribution in [0.1, 0.15) is 53.6 Å². The molecule has 8 heteroatoms. The van der Waals surface area contributed by atoms with Crippen LogP contribution in [0, 0.1) is 5.92 Å². The summed E-state index contributed by atoms with van der Waals surface area (Å²) in [6.07, 6.45) is -1.06. The van der Waals surface area contributed by atoms with Crippen molar-refractivity contribution < 1.29 is 27.4 Å². The van der Waals surface area contributed by atoms with Crippen molar-refractivity contribution >= 4 is 5.91 Å². The van der Waals surface area contributed by atoms with E-state index < -0.39 is 17.8 Å². The molecule has 3 aromatic rings. The lowest BCUT2D eigenvalue weighted by Crippen LogP contribution is -2.40. The third-order valence-electron chi connectivity index (χ3n) is 6.84. The lowest BCUT2D eigenvalue weighted by atomic mass is 9.95. The maximum Gasteiger partial charge on any atom is 0.416 e. The minimum absolute atomic E-state index is 0.108. The number of alkyl halides is 3. The molecule has 1 aliphatic carbocycles. The molecule has 1 amide bonds. The fourth-order valence-corrected chi connectivity index (χ4v) is 4.43. The Morgan fingerprint density at radius 2 is 1.61 bits per heavy atom. The summed E-state index contributed by atoms with van der Waals surface area (Å²) in [4.78, 5) is 13.3. The van der Waals surface area contributed by atoms with Gasteiger partial charge >= 0.3 is 6.18 Å². The Balaban J connectivity index is 1.60. The first-order valence-electron chi connectivity index (χ1n) is 12.7. The highest BCUT2D eigenvalue weighted by Gasteiger charge is 2.30. The standard InChI is InChI=1S/C30H33F3N2O3/c1-37-26-17-13-23(18-27(26)38-2)25(16-12-20-10-14-24(15-11-20)30(31,32)33)35-28(22-6-4-3-5-7-22)29(36)34-19-21-8-9-21/h3-7,10-11,13-15,17-18,21,25,28,35H,8-9,12,16,19H2,1-2H3,(H,34,36)/t25?,28-/m1/s1. The number of methoxy groups -OCH3 is 2. The van der Waals surface area contributed by atoms with Gasteiger partial charge in [0.15, 0.2) is 11.5 Å². The number of halogens is 3. The van der Waals surface area contributed by atoms with E-state index in [1.807, 2.05) is 48.5 Å². The Hall–Kier alpha value is -3.52. The number of amides is 1. The molecule has 0 spiro atoms. The van der Waals surface area contributed by atoms with Gasteiger partial charge < -0.3 is 14.8 Å². The number of ether oxygens (including phenoxy) is 2. The van der Waals surface area contributed by atoms with Crippen molar-refractivity contribution in [3.05, 3.63) is 95.1 Å². The average Bonchev–Trinajstić information content (AvgIpc) is 3.76. The van der Waals surface area contributed by atoms with E-state index in [1.54, 1.807) is 14.2 Å². The molecule has 2 N–H and O–H groups in total. The minimum Gasteiger partial charge on any atom is -0.493 e. The van der Waals surface area contributed by atoms with Crippen LogP contribution in [0.4, 0.5) is 13.2 Å². The van der Waals surface area contributed by atoms with Crippen molar-refractivity contribution in [1.82, 2.24) is 10.6 Å². The number of nitrogens with one attached hydrogen (secondary N) is 2. The Bertz CT molecular complexity index is 1200. The highest BCUT2D eigenvalue weighted by Crippen LogP contribution is 2.34. The van der Waals surface area contributed by atoms with Crippen molar-refractivity contribution in [3.63, 3.8) is 0 Å². The Morgan fingerprint density at radius 3 is 2.21 bits per heavy atom. The van der Waals surface area contributed by atoms with Crippen molar-refractivity contribution in [1.29, 1.82) is 0 Å². The second-order valence-corrected chi connectivity index (χ2v) is 9.60. The van der Waals surface area contributed by atoms with E-state index in [1.165, 1.54) is 12.1 Å². The second kappa shape index (κ2) is 12.3. The van der Waals surface area contributed by atoms with Crippen LogP contribution in [0.2, 0.25) is 0 Å². The van der Waals surface area contributed by atoms with Gasteiger partial charge in [0.05, 0.1) is 19.8 Å². The summed E-state index contributed by atoms with van der Waals surface area (Å²) in [5.41, 5.74) is 1.82. The average molecular weight is 527 g/mol. The summed E-state index contributed by atoms with van der Waals surface area (Å²) >= 11 is 0. The van der Waals surface area contributed by atoms with Crippen LogP contribution < -0.4 is 20.1 Å². The first kappa shape index (κ1) is 27.5. The number of carbonyl (C=O) groups is 1. The molecule has 3 aromatic carbocycles. The van der Waals surface area contributed by atoms with Crippen molar-refractivity contribution in [2.24, 2.45) is 5.92 Å². The topological polar surface area (TPSA) is 59.6 Å². The van der Waals surface area contributed by atoms with Gasteiger partial charge in [-0.1, -0.05) is 48.5 Å². The molecule has 5 nitrogen and oxygen atoms in total.